The van der Waals surface area contributed by atoms with Gasteiger partial charge >= 0.3 is 11.8 Å². The number of nitrogens with zero attached hydrogens (tertiary/aromatic N) is 6. The second-order valence-corrected chi connectivity index (χ2v) is 5.48. The van der Waals surface area contributed by atoms with Crippen molar-refractivity contribution >= 4 is 5.91 Å². The second-order valence-electron chi connectivity index (χ2n) is 5.48. The van der Waals surface area contributed by atoms with Crippen molar-refractivity contribution in [2.24, 2.45) is 7.05 Å². The van der Waals surface area contributed by atoms with E-state index in [0.717, 1.165) is 22.6 Å². The summed E-state index contributed by atoms with van der Waals surface area (Å²) >= 11 is 0. The van der Waals surface area contributed by atoms with E-state index in [1.807, 2.05) is 14.0 Å². The van der Waals surface area contributed by atoms with Crippen LogP contribution in [0.3, 0.4) is 0 Å². The van der Waals surface area contributed by atoms with Gasteiger partial charge in [0.15, 0.2) is 0 Å². The highest BCUT2D eigenvalue weighted by molar-refractivity contribution is 5.89. The van der Waals surface area contributed by atoms with Crippen molar-refractivity contribution in [3.05, 3.63) is 35.5 Å². The zero-order valence-corrected chi connectivity index (χ0v) is 12.8. The summed E-state index contributed by atoms with van der Waals surface area (Å²) < 4.78 is 7.27. The number of imidazole rings is 1. The highest BCUT2D eigenvalue weighted by Gasteiger charge is 2.27. The molecule has 4 heterocycles. The Bertz CT molecular complexity index is 875. The van der Waals surface area contributed by atoms with Gasteiger partial charge in [-0.2, -0.15) is 5.10 Å². The van der Waals surface area contributed by atoms with Crippen molar-refractivity contribution < 1.29 is 9.21 Å². The highest BCUT2D eigenvalue weighted by atomic mass is 16.4. The normalized spacial score (nSPS) is 14.1. The zero-order chi connectivity index (χ0) is 16.0. The Kier molecular flexibility index (Phi) is 3.00. The maximum atomic E-state index is 12.5. The second kappa shape index (κ2) is 5.04. The molecule has 0 aromatic carbocycles. The Hall–Kier alpha value is -2.97. The van der Waals surface area contributed by atoms with Crippen molar-refractivity contribution in [1.29, 1.82) is 0 Å². The lowest BCUT2D eigenvalue weighted by Crippen LogP contribution is -2.36. The van der Waals surface area contributed by atoms with E-state index < -0.39 is 0 Å². The molecule has 0 atom stereocenters. The molecule has 0 saturated heterocycles. The number of fused-ring (bicyclic) bond motifs is 1. The average molecular weight is 313 g/mol. The Labute approximate surface area is 131 Å². The van der Waals surface area contributed by atoms with Crippen LogP contribution in [-0.4, -0.2) is 47.3 Å². The van der Waals surface area contributed by atoms with Crippen LogP contribution in [0.2, 0.25) is 0 Å². The molecule has 9 heteroatoms. The summed E-state index contributed by atoms with van der Waals surface area (Å²) in [6.07, 6.45) is 4.01. The summed E-state index contributed by atoms with van der Waals surface area (Å²) in [4.78, 5) is 21.5. The smallest absolute Gasteiger partial charge is 0.311 e. The van der Waals surface area contributed by atoms with Crippen LogP contribution in [0.4, 0.5) is 0 Å². The van der Waals surface area contributed by atoms with Gasteiger partial charge in [0, 0.05) is 25.7 Å². The number of hydrogen-bond donors (Lipinski definition) is 1. The average Bonchev–Trinajstić information content (AvgIpc) is 3.27. The number of carbonyl (C=O) groups is 1. The minimum atomic E-state index is -0.273. The van der Waals surface area contributed by atoms with Crippen LogP contribution in [0, 0.1) is 6.92 Å². The van der Waals surface area contributed by atoms with Crippen LogP contribution in [0.5, 0.6) is 0 Å². The molecule has 118 valence electrons. The maximum Gasteiger partial charge on any atom is 0.311 e. The highest BCUT2D eigenvalue weighted by Crippen LogP contribution is 2.22. The van der Waals surface area contributed by atoms with Crippen LogP contribution >= 0.6 is 0 Å². The van der Waals surface area contributed by atoms with Gasteiger partial charge in [-0.3, -0.25) is 9.48 Å². The van der Waals surface area contributed by atoms with Gasteiger partial charge in [-0.05, 0) is 6.92 Å². The van der Waals surface area contributed by atoms with Crippen LogP contribution in [0.1, 0.15) is 27.8 Å². The lowest BCUT2D eigenvalue weighted by Gasteiger charge is -2.24. The third kappa shape index (κ3) is 2.20. The van der Waals surface area contributed by atoms with Gasteiger partial charge in [-0.1, -0.05) is 0 Å². The number of rotatable bonds is 2. The number of nitrogens with one attached hydrogen (secondary N) is 1. The van der Waals surface area contributed by atoms with Crippen LogP contribution in [-0.2, 0) is 20.0 Å². The number of hydrogen-bond acceptors (Lipinski definition) is 6. The van der Waals surface area contributed by atoms with Gasteiger partial charge in [0.25, 0.3) is 5.89 Å². The molecule has 1 amide bonds. The van der Waals surface area contributed by atoms with Gasteiger partial charge in [-0.15, -0.1) is 10.2 Å². The number of amides is 1. The molecule has 1 aliphatic rings. The van der Waals surface area contributed by atoms with Gasteiger partial charge < -0.3 is 14.3 Å². The molecule has 0 aliphatic carbocycles. The molecule has 0 spiro atoms. The number of aromatic amines is 1. The van der Waals surface area contributed by atoms with E-state index in [-0.39, 0.29) is 11.8 Å². The molecular weight excluding hydrogens is 298 g/mol. The number of H-pyrrole nitrogens is 1. The molecule has 1 N–H and O–H groups in total. The first-order valence-corrected chi connectivity index (χ1v) is 7.26. The van der Waals surface area contributed by atoms with Gasteiger partial charge in [-0.25, -0.2) is 4.98 Å². The van der Waals surface area contributed by atoms with Crippen molar-refractivity contribution in [2.75, 3.05) is 6.54 Å². The van der Waals surface area contributed by atoms with Crippen molar-refractivity contribution in [3.63, 3.8) is 0 Å². The van der Waals surface area contributed by atoms with E-state index in [9.17, 15) is 4.79 Å². The van der Waals surface area contributed by atoms with Crippen molar-refractivity contribution in [2.45, 2.75) is 19.9 Å². The molecule has 1 aliphatic heterocycles. The summed E-state index contributed by atoms with van der Waals surface area (Å²) in [5.41, 5.74) is 3.58. The molecule has 4 rings (SSSR count). The fraction of sp³-hybridized carbons (Fsp3) is 0.357. The van der Waals surface area contributed by atoms with Gasteiger partial charge in [0.2, 0.25) is 0 Å². The predicted molar refractivity (Wildman–Crippen MR) is 78.3 cm³/mol. The van der Waals surface area contributed by atoms with Crippen LogP contribution < -0.4 is 0 Å². The largest absolute Gasteiger partial charge is 0.412 e. The SMILES string of the molecule is Cc1c(-c2nnc(C(=O)N3CCc4nc[nH]c4C3)o2)cnn1C. The van der Waals surface area contributed by atoms with Gasteiger partial charge in [0.05, 0.1) is 36.0 Å². The zero-order valence-electron chi connectivity index (χ0n) is 12.8. The summed E-state index contributed by atoms with van der Waals surface area (Å²) in [5.74, 6) is 0.0231. The lowest BCUT2D eigenvalue weighted by molar-refractivity contribution is 0.0692. The minimum absolute atomic E-state index is 0.00813. The number of carbonyl (C=O) groups excluding carboxylic acids is 1. The van der Waals surface area contributed by atoms with Gasteiger partial charge in [0.1, 0.15) is 0 Å². The van der Waals surface area contributed by atoms with E-state index in [2.05, 4.69) is 25.3 Å². The molecule has 3 aromatic rings. The molecule has 0 saturated carbocycles. The van der Waals surface area contributed by atoms with Crippen LogP contribution in [0.25, 0.3) is 11.5 Å². The molecule has 0 bridgehead atoms. The van der Waals surface area contributed by atoms with E-state index >= 15 is 0 Å². The molecule has 9 nitrogen and oxygen atoms in total. The summed E-state index contributed by atoms with van der Waals surface area (Å²) in [6.45, 7) is 2.95. The quantitative estimate of drug-likeness (QED) is 0.746. The third-order valence-electron chi connectivity index (χ3n) is 4.14. The third-order valence-corrected chi connectivity index (χ3v) is 4.14. The molecule has 0 unspecified atom stereocenters. The Morgan fingerprint density at radius 3 is 3.04 bits per heavy atom. The Morgan fingerprint density at radius 2 is 2.26 bits per heavy atom. The summed E-state index contributed by atoms with van der Waals surface area (Å²) in [6, 6.07) is 0. The lowest BCUT2D eigenvalue weighted by atomic mass is 10.1. The molecular formula is C14H15N7O2. The fourth-order valence-corrected chi connectivity index (χ4v) is 2.65. The first kappa shape index (κ1) is 13.7. The van der Waals surface area contributed by atoms with E-state index in [1.54, 1.807) is 22.1 Å². The molecule has 23 heavy (non-hydrogen) atoms. The fourth-order valence-electron chi connectivity index (χ4n) is 2.65. The first-order valence-electron chi connectivity index (χ1n) is 7.26. The minimum Gasteiger partial charge on any atom is -0.412 e. The molecule has 0 fully saturated rings. The molecule has 3 aromatic heterocycles. The van der Waals surface area contributed by atoms with Crippen molar-refractivity contribution in [1.82, 2.24) is 34.8 Å². The monoisotopic (exact) mass is 313 g/mol. The Balaban J connectivity index is 1.57. The number of aromatic nitrogens is 6. The predicted octanol–water partition coefficient (Wildman–Crippen LogP) is 0.700. The van der Waals surface area contributed by atoms with E-state index in [0.29, 0.717) is 25.4 Å². The summed E-state index contributed by atoms with van der Waals surface area (Å²) in [7, 11) is 1.83. The number of aryl methyl sites for hydroxylation is 1. The van der Waals surface area contributed by atoms with Crippen molar-refractivity contribution in [3.8, 4) is 11.5 Å². The standard InChI is InChI=1S/C14H15N7O2/c1-8-9(5-17-20(8)2)12-18-19-13(23-12)14(22)21-4-3-10-11(6-21)16-7-15-10/h5,7H,3-4,6H2,1-2H3,(H,15,16). The van der Waals surface area contributed by atoms with Crippen LogP contribution in [0.15, 0.2) is 16.9 Å². The first-order chi connectivity index (χ1) is 11.1. The van der Waals surface area contributed by atoms with E-state index in [1.165, 1.54) is 0 Å². The van der Waals surface area contributed by atoms with E-state index in [4.69, 9.17) is 4.42 Å². The summed E-state index contributed by atoms with van der Waals surface area (Å²) in [5, 5.41) is 12.0. The molecule has 0 radical (unpaired) electrons. The Morgan fingerprint density at radius 1 is 1.39 bits per heavy atom. The topological polar surface area (TPSA) is 106 Å². The maximum absolute atomic E-state index is 12.5.